The van der Waals surface area contributed by atoms with Crippen LogP contribution in [-0.4, -0.2) is 29.3 Å². The van der Waals surface area contributed by atoms with Gasteiger partial charge >= 0.3 is 5.97 Å². The van der Waals surface area contributed by atoms with Crippen LogP contribution in [0.4, 0.5) is 0 Å². The zero-order valence-electron chi connectivity index (χ0n) is 17.2. The summed E-state index contributed by atoms with van der Waals surface area (Å²) in [6.07, 6.45) is 0.603. The molecule has 1 unspecified atom stereocenters. The molecule has 2 aromatic carbocycles. The van der Waals surface area contributed by atoms with Crippen LogP contribution in [0.5, 0.6) is 11.5 Å². The Kier molecular flexibility index (Phi) is 5.94. The largest absolute Gasteiger partial charge is 0.488 e. The Balaban J connectivity index is 1.89. The second kappa shape index (κ2) is 8.23. The molecule has 5 heteroatoms. The summed E-state index contributed by atoms with van der Waals surface area (Å²) in [5.74, 6) is 0.945. The number of benzene rings is 2. The van der Waals surface area contributed by atoms with Crippen molar-refractivity contribution in [2.45, 2.75) is 65.8 Å². The highest BCUT2D eigenvalue weighted by molar-refractivity contribution is 5.73. The van der Waals surface area contributed by atoms with E-state index < -0.39 is 12.0 Å². The lowest BCUT2D eigenvalue weighted by molar-refractivity contribution is -0.139. The number of ether oxygens (including phenoxy) is 2. The summed E-state index contributed by atoms with van der Waals surface area (Å²) >= 11 is 0. The summed E-state index contributed by atoms with van der Waals surface area (Å²) in [4.78, 5) is 11.2. The van der Waals surface area contributed by atoms with Gasteiger partial charge in [-0.3, -0.25) is 10.1 Å². The van der Waals surface area contributed by atoms with Gasteiger partial charge in [-0.15, -0.1) is 0 Å². The molecule has 5 nitrogen and oxygen atoms in total. The van der Waals surface area contributed by atoms with Gasteiger partial charge in [0.1, 0.15) is 30.3 Å². The molecule has 0 amide bonds. The molecule has 1 aliphatic heterocycles. The van der Waals surface area contributed by atoms with Crippen LogP contribution in [0.2, 0.25) is 0 Å². The molecule has 2 N–H and O–H groups in total. The molecule has 0 saturated heterocycles. The Morgan fingerprint density at radius 3 is 2.54 bits per heavy atom. The van der Waals surface area contributed by atoms with Crippen molar-refractivity contribution in [3.05, 3.63) is 58.1 Å². The molecule has 0 fully saturated rings. The van der Waals surface area contributed by atoms with Crippen LogP contribution >= 0.6 is 0 Å². The molecule has 0 aliphatic carbocycles. The molecule has 3 rings (SSSR count). The monoisotopic (exact) mass is 383 g/mol. The molecular weight excluding hydrogens is 354 g/mol. The number of carbonyl (C=O) groups is 1. The first-order valence-corrected chi connectivity index (χ1v) is 9.74. The fourth-order valence-corrected chi connectivity index (χ4v) is 3.75. The maximum atomic E-state index is 11.2. The van der Waals surface area contributed by atoms with Gasteiger partial charge in [0.25, 0.3) is 0 Å². The van der Waals surface area contributed by atoms with Crippen molar-refractivity contribution < 1.29 is 19.4 Å². The molecule has 0 radical (unpaired) electrons. The zero-order chi connectivity index (χ0) is 20.4. The summed E-state index contributed by atoms with van der Waals surface area (Å²) in [6, 6.07) is 9.41. The lowest BCUT2D eigenvalue weighted by Crippen LogP contribution is -2.51. The van der Waals surface area contributed by atoms with E-state index in [2.05, 4.69) is 26.1 Å². The molecule has 0 saturated carbocycles. The van der Waals surface area contributed by atoms with Crippen LogP contribution in [0, 0.1) is 20.8 Å². The van der Waals surface area contributed by atoms with Crippen LogP contribution < -0.4 is 14.8 Å². The number of hydrogen-bond acceptors (Lipinski definition) is 4. The van der Waals surface area contributed by atoms with Gasteiger partial charge in [-0.2, -0.15) is 0 Å². The normalized spacial score (nSPS) is 19.5. The van der Waals surface area contributed by atoms with E-state index in [0.29, 0.717) is 13.0 Å². The minimum atomic E-state index is -0.860. The predicted octanol–water partition coefficient (Wildman–Crippen LogP) is 3.95. The van der Waals surface area contributed by atoms with Crippen molar-refractivity contribution in [2.24, 2.45) is 0 Å². The van der Waals surface area contributed by atoms with Crippen molar-refractivity contribution in [2.75, 3.05) is 0 Å². The van der Waals surface area contributed by atoms with Gasteiger partial charge in [-0.05, 0) is 63.3 Å². The Hall–Kier alpha value is -2.53. The van der Waals surface area contributed by atoms with E-state index >= 15 is 0 Å². The highest BCUT2D eigenvalue weighted by atomic mass is 16.5. The maximum absolute atomic E-state index is 11.2. The predicted molar refractivity (Wildman–Crippen MR) is 109 cm³/mol. The zero-order valence-corrected chi connectivity index (χ0v) is 17.2. The molecule has 150 valence electrons. The average Bonchev–Trinajstić information content (AvgIpc) is 2.68. The van der Waals surface area contributed by atoms with Gasteiger partial charge in [-0.1, -0.05) is 30.3 Å². The fraction of sp³-hybridized carbons (Fsp3) is 0.435. The van der Waals surface area contributed by atoms with Crippen molar-refractivity contribution in [3.63, 3.8) is 0 Å². The van der Waals surface area contributed by atoms with E-state index in [-0.39, 0.29) is 12.1 Å². The van der Waals surface area contributed by atoms with Crippen LogP contribution in [0.1, 0.15) is 41.7 Å². The third-order valence-electron chi connectivity index (χ3n) is 5.67. The molecule has 0 bridgehead atoms. The first kappa shape index (κ1) is 20.2. The highest BCUT2D eigenvalue weighted by Gasteiger charge is 2.33. The third kappa shape index (κ3) is 3.99. The number of carboxylic acid groups (broad SMARTS) is 1. The van der Waals surface area contributed by atoms with E-state index in [1.807, 2.05) is 37.3 Å². The molecule has 1 heterocycles. The SMILES string of the molecule is Cc1c(C)c2c(c(C)c1OCc1ccccc1)CC(N[C@@H](C)C(=O)O)[C@H](C)O2. The maximum Gasteiger partial charge on any atom is 0.320 e. The third-order valence-corrected chi connectivity index (χ3v) is 5.67. The number of aliphatic carboxylic acids is 1. The lowest BCUT2D eigenvalue weighted by atomic mass is 9.89. The lowest BCUT2D eigenvalue weighted by Gasteiger charge is -2.36. The minimum Gasteiger partial charge on any atom is -0.488 e. The first-order valence-electron chi connectivity index (χ1n) is 9.74. The Morgan fingerprint density at radius 1 is 1.21 bits per heavy atom. The number of nitrogens with one attached hydrogen (secondary N) is 1. The summed E-state index contributed by atoms with van der Waals surface area (Å²) in [5.41, 5.74) is 5.45. The summed E-state index contributed by atoms with van der Waals surface area (Å²) < 4.78 is 12.4. The standard InChI is InChI=1S/C23H29NO4/c1-13-14(2)22-19(11-20(17(5)28-22)24-16(4)23(25)26)15(3)21(13)27-12-18-9-7-6-8-10-18/h6-10,16-17,20,24H,11-12H2,1-5H3,(H,25,26)/t16-,17-,20?/m0/s1. The van der Waals surface area contributed by atoms with Gasteiger partial charge < -0.3 is 14.6 Å². The smallest absolute Gasteiger partial charge is 0.320 e. The Morgan fingerprint density at radius 2 is 1.89 bits per heavy atom. The Bertz CT molecular complexity index is 863. The number of hydrogen-bond donors (Lipinski definition) is 2. The van der Waals surface area contributed by atoms with E-state index in [4.69, 9.17) is 9.47 Å². The Labute approximate surface area is 166 Å². The molecule has 1 aliphatic rings. The number of rotatable bonds is 6. The average molecular weight is 383 g/mol. The quantitative estimate of drug-likeness (QED) is 0.791. The van der Waals surface area contributed by atoms with Gasteiger partial charge in [0, 0.05) is 11.6 Å². The van der Waals surface area contributed by atoms with E-state index in [1.165, 1.54) is 0 Å². The van der Waals surface area contributed by atoms with Crippen molar-refractivity contribution in [1.29, 1.82) is 0 Å². The topological polar surface area (TPSA) is 67.8 Å². The summed E-state index contributed by atoms with van der Waals surface area (Å²) in [7, 11) is 0. The minimum absolute atomic E-state index is 0.0682. The second-order valence-corrected chi connectivity index (χ2v) is 7.65. The number of carboxylic acids is 1. The first-order chi connectivity index (χ1) is 13.3. The van der Waals surface area contributed by atoms with Crippen molar-refractivity contribution in [3.8, 4) is 11.5 Å². The number of fused-ring (bicyclic) bond motifs is 1. The molecule has 0 aromatic heterocycles. The van der Waals surface area contributed by atoms with Crippen molar-refractivity contribution >= 4 is 5.97 Å². The van der Waals surface area contributed by atoms with E-state index in [0.717, 1.165) is 39.3 Å². The molecule has 3 atom stereocenters. The van der Waals surface area contributed by atoms with Crippen LogP contribution in [0.25, 0.3) is 0 Å². The fourth-order valence-electron chi connectivity index (χ4n) is 3.75. The van der Waals surface area contributed by atoms with Crippen molar-refractivity contribution in [1.82, 2.24) is 5.32 Å². The van der Waals surface area contributed by atoms with Gasteiger partial charge in [0.05, 0.1) is 0 Å². The summed E-state index contributed by atoms with van der Waals surface area (Å²) in [5, 5.41) is 12.4. The van der Waals surface area contributed by atoms with E-state index in [1.54, 1.807) is 6.92 Å². The molecular formula is C23H29NO4. The second-order valence-electron chi connectivity index (χ2n) is 7.65. The van der Waals surface area contributed by atoms with Crippen LogP contribution in [-0.2, 0) is 17.8 Å². The van der Waals surface area contributed by atoms with Crippen LogP contribution in [0.3, 0.4) is 0 Å². The van der Waals surface area contributed by atoms with E-state index in [9.17, 15) is 9.90 Å². The molecule has 28 heavy (non-hydrogen) atoms. The van der Waals surface area contributed by atoms with Gasteiger partial charge in [-0.25, -0.2) is 0 Å². The highest BCUT2D eigenvalue weighted by Crippen LogP contribution is 2.41. The van der Waals surface area contributed by atoms with Gasteiger partial charge in [0.2, 0.25) is 0 Å². The summed E-state index contributed by atoms with van der Waals surface area (Å²) in [6.45, 7) is 10.3. The molecule has 0 spiro atoms. The van der Waals surface area contributed by atoms with Gasteiger partial charge in [0.15, 0.2) is 0 Å². The molecule has 2 aromatic rings. The van der Waals surface area contributed by atoms with Crippen LogP contribution in [0.15, 0.2) is 30.3 Å².